The van der Waals surface area contributed by atoms with Crippen LogP contribution in [-0.4, -0.2) is 44.0 Å². The normalized spacial score (nSPS) is 15.8. The number of aromatic nitrogens is 1. The molecule has 3 rings (SSSR count). The minimum atomic E-state index is -0.339. The molecule has 0 aliphatic heterocycles. The van der Waals surface area contributed by atoms with Crippen molar-refractivity contribution in [3.63, 3.8) is 0 Å². The number of carbonyl (C=O) groups is 1. The third kappa shape index (κ3) is 4.72. The summed E-state index contributed by atoms with van der Waals surface area (Å²) in [5, 5.41) is 6.35. The molecule has 8 heteroatoms. The molecule has 1 heterocycles. The smallest absolute Gasteiger partial charge is 0.273 e. The molecule has 1 aromatic carbocycles. The van der Waals surface area contributed by atoms with E-state index in [4.69, 9.17) is 14.2 Å². The number of hydrogen-bond acceptors (Lipinski definition) is 7. The second kappa shape index (κ2) is 9.20. The van der Waals surface area contributed by atoms with Crippen LogP contribution in [0.15, 0.2) is 47.4 Å². The summed E-state index contributed by atoms with van der Waals surface area (Å²) in [7, 11) is 4.65. The van der Waals surface area contributed by atoms with Gasteiger partial charge in [0.05, 0.1) is 12.8 Å². The second-order valence-corrected chi connectivity index (χ2v) is 6.29. The van der Waals surface area contributed by atoms with Gasteiger partial charge in [0.1, 0.15) is 36.2 Å². The minimum absolute atomic E-state index is 0.164. The van der Waals surface area contributed by atoms with Gasteiger partial charge in [-0.25, -0.2) is 0 Å². The Kier molecular flexibility index (Phi) is 6.46. The topological polar surface area (TPSA) is 91.3 Å². The Morgan fingerprint density at radius 2 is 1.93 bits per heavy atom. The Morgan fingerprint density at radius 1 is 1.17 bits per heavy atom. The maximum Gasteiger partial charge on any atom is 0.273 e. The zero-order valence-corrected chi connectivity index (χ0v) is 16.8. The van der Waals surface area contributed by atoms with Crippen molar-refractivity contribution in [1.82, 2.24) is 4.98 Å². The highest BCUT2D eigenvalue weighted by molar-refractivity contribution is 6.42. The van der Waals surface area contributed by atoms with E-state index in [2.05, 4.69) is 20.3 Å². The van der Waals surface area contributed by atoms with Crippen molar-refractivity contribution in [3.05, 3.63) is 53.5 Å². The van der Waals surface area contributed by atoms with Crippen LogP contribution in [0.25, 0.3) is 6.08 Å². The van der Waals surface area contributed by atoms with E-state index < -0.39 is 0 Å². The molecule has 0 saturated carbocycles. The van der Waals surface area contributed by atoms with E-state index in [-0.39, 0.29) is 17.7 Å². The Morgan fingerprint density at radius 3 is 2.59 bits per heavy atom. The molecule has 29 heavy (non-hydrogen) atoms. The van der Waals surface area contributed by atoms with Crippen molar-refractivity contribution in [1.29, 1.82) is 0 Å². The van der Waals surface area contributed by atoms with E-state index in [0.29, 0.717) is 23.6 Å². The summed E-state index contributed by atoms with van der Waals surface area (Å²) in [6.45, 7) is 1.57. The lowest BCUT2D eigenvalue weighted by molar-refractivity contribution is -0.110. The zero-order valence-electron chi connectivity index (χ0n) is 16.8. The number of oxime groups is 1. The first kappa shape index (κ1) is 20.3. The Labute approximate surface area is 169 Å². The largest absolute Gasteiger partial charge is 0.498 e. The highest BCUT2D eigenvalue weighted by atomic mass is 16.6. The predicted octanol–water partition coefficient (Wildman–Crippen LogP) is 3.39. The molecule has 0 fully saturated rings. The summed E-state index contributed by atoms with van der Waals surface area (Å²) in [5.74, 6) is 1.68. The average Bonchev–Trinajstić information content (AvgIpc) is 2.74. The number of methoxy groups -OCH3 is 2. The van der Waals surface area contributed by atoms with Crippen molar-refractivity contribution < 1.29 is 23.8 Å². The molecule has 0 spiro atoms. The molecule has 0 bridgehead atoms. The number of ether oxygens (including phenoxy) is 3. The van der Waals surface area contributed by atoms with Crippen LogP contribution >= 0.6 is 0 Å². The van der Waals surface area contributed by atoms with Gasteiger partial charge < -0.3 is 24.4 Å². The van der Waals surface area contributed by atoms with Gasteiger partial charge in [-0.2, -0.15) is 0 Å². The molecule has 1 unspecified atom stereocenters. The summed E-state index contributed by atoms with van der Waals surface area (Å²) in [6.07, 6.45) is 4.04. The lowest BCUT2D eigenvalue weighted by Gasteiger charge is -2.24. The summed E-state index contributed by atoms with van der Waals surface area (Å²) in [4.78, 5) is 21.0. The van der Waals surface area contributed by atoms with Gasteiger partial charge >= 0.3 is 0 Å². The molecule has 8 nitrogen and oxygen atoms in total. The Bertz CT molecular complexity index is 938. The Balaban J connectivity index is 1.77. The summed E-state index contributed by atoms with van der Waals surface area (Å²) in [5.41, 5.74) is 2.59. The quantitative estimate of drug-likeness (QED) is 0.569. The van der Waals surface area contributed by atoms with Crippen molar-refractivity contribution in [2.24, 2.45) is 5.16 Å². The lowest BCUT2D eigenvalue weighted by atomic mass is 9.98. The molecule has 0 saturated heterocycles. The van der Waals surface area contributed by atoms with E-state index in [9.17, 15) is 4.79 Å². The van der Waals surface area contributed by atoms with Crippen LogP contribution in [-0.2, 0) is 25.5 Å². The summed E-state index contributed by atoms with van der Waals surface area (Å²) < 4.78 is 16.9. The first-order valence-electron chi connectivity index (χ1n) is 8.99. The standard InChI is InChI=1S/C21H23N3O5/c1-13(24-28-4)21(25)23-14-5-7-15(8-6-14)29-18-9-10-22-17-12-20(27-3)19(26-2)11-16(17)18/h5-11,20H,12H2,1-4H3,(H,23,25)/b24-13+. The number of amides is 1. The molecule has 1 aromatic heterocycles. The van der Waals surface area contributed by atoms with E-state index in [1.165, 1.54) is 7.11 Å². The van der Waals surface area contributed by atoms with Gasteiger partial charge in [-0.15, -0.1) is 0 Å². The maximum absolute atomic E-state index is 12.0. The second-order valence-electron chi connectivity index (χ2n) is 6.29. The van der Waals surface area contributed by atoms with Gasteiger partial charge in [0.15, 0.2) is 0 Å². The predicted molar refractivity (Wildman–Crippen MR) is 109 cm³/mol. The molecule has 1 N–H and O–H groups in total. The number of benzene rings is 1. The fourth-order valence-corrected chi connectivity index (χ4v) is 2.94. The molecular weight excluding hydrogens is 374 g/mol. The van der Waals surface area contributed by atoms with E-state index in [1.807, 2.05) is 6.08 Å². The molecule has 1 amide bonds. The zero-order chi connectivity index (χ0) is 20.8. The third-order valence-electron chi connectivity index (χ3n) is 4.43. The van der Waals surface area contributed by atoms with Gasteiger partial charge in [0.2, 0.25) is 0 Å². The van der Waals surface area contributed by atoms with E-state index in [0.717, 1.165) is 17.0 Å². The van der Waals surface area contributed by atoms with Crippen molar-refractivity contribution in [2.75, 3.05) is 26.6 Å². The van der Waals surface area contributed by atoms with Crippen LogP contribution in [0.1, 0.15) is 18.2 Å². The van der Waals surface area contributed by atoms with Crippen molar-refractivity contribution >= 4 is 23.4 Å². The number of nitrogens with one attached hydrogen (secondary N) is 1. The highest BCUT2D eigenvalue weighted by Gasteiger charge is 2.25. The monoisotopic (exact) mass is 397 g/mol. The molecule has 1 aliphatic carbocycles. The van der Waals surface area contributed by atoms with Gasteiger partial charge in [-0.05, 0) is 43.3 Å². The lowest BCUT2D eigenvalue weighted by Crippen LogP contribution is -2.23. The van der Waals surface area contributed by atoms with E-state index in [1.54, 1.807) is 57.7 Å². The van der Waals surface area contributed by atoms with Crippen LogP contribution in [0.3, 0.4) is 0 Å². The molecule has 2 aromatic rings. The van der Waals surface area contributed by atoms with Crippen molar-refractivity contribution in [2.45, 2.75) is 19.4 Å². The Hall–Kier alpha value is -3.39. The van der Waals surface area contributed by atoms with Crippen LogP contribution in [0.5, 0.6) is 11.5 Å². The maximum atomic E-state index is 12.0. The van der Waals surface area contributed by atoms with E-state index >= 15 is 0 Å². The average molecular weight is 397 g/mol. The minimum Gasteiger partial charge on any atom is -0.498 e. The molecule has 1 atom stereocenters. The van der Waals surface area contributed by atoms with Gasteiger partial charge in [0.25, 0.3) is 5.91 Å². The summed E-state index contributed by atoms with van der Waals surface area (Å²) >= 11 is 0. The highest BCUT2D eigenvalue weighted by Crippen LogP contribution is 2.34. The first-order chi connectivity index (χ1) is 14.0. The molecule has 1 aliphatic rings. The number of rotatable bonds is 7. The van der Waals surface area contributed by atoms with Gasteiger partial charge in [-0.1, -0.05) is 5.16 Å². The van der Waals surface area contributed by atoms with Crippen molar-refractivity contribution in [3.8, 4) is 11.5 Å². The molecule has 152 valence electrons. The number of fused-ring (bicyclic) bond motifs is 1. The van der Waals surface area contributed by atoms with Gasteiger partial charge in [-0.3, -0.25) is 9.78 Å². The number of nitrogens with zero attached hydrogens (tertiary/aromatic N) is 2. The fraction of sp³-hybridized carbons (Fsp3) is 0.286. The van der Waals surface area contributed by atoms with Crippen LogP contribution < -0.4 is 10.1 Å². The van der Waals surface area contributed by atoms with Crippen LogP contribution in [0.4, 0.5) is 5.69 Å². The number of pyridine rings is 1. The fourth-order valence-electron chi connectivity index (χ4n) is 2.94. The first-order valence-corrected chi connectivity index (χ1v) is 8.99. The SMILES string of the molecule is CO/N=C(\C)C(=O)Nc1ccc(Oc2ccnc3c2C=C(OC)C(OC)C3)cc1. The molecular formula is C21H23N3O5. The number of hydrogen-bond donors (Lipinski definition) is 1. The van der Waals surface area contributed by atoms with Gasteiger partial charge in [0, 0.05) is 31.0 Å². The summed E-state index contributed by atoms with van der Waals surface area (Å²) in [6, 6.07) is 8.84. The number of carbonyl (C=O) groups excluding carboxylic acids is 1. The molecule has 0 radical (unpaired) electrons. The number of anilines is 1. The van der Waals surface area contributed by atoms with Crippen LogP contribution in [0.2, 0.25) is 0 Å². The van der Waals surface area contributed by atoms with Crippen LogP contribution in [0, 0.1) is 0 Å². The third-order valence-corrected chi connectivity index (χ3v) is 4.43.